The number of nitrogens with one attached hydrogen (secondary N) is 3. The van der Waals surface area contributed by atoms with Crippen LogP contribution >= 0.6 is 0 Å². The number of aromatic amines is 3. The van der Waals surface area contributed by atoms with Gasteiger partial charge in [0.25, 0.3) is 5.56 Å². The van der Waals surface area contributed by atoms with Crippen LogP contribution in [0.4, 0.5) is 0 Å². The maximum atomic E-state index is 12.1. The molecule has 7 nitrogen and oxygen atoms in total. The summed E-state index contributed by atoms with van der Waals surface area (Å²) < 4.78 is 0. The second-order valence-corrected chi connectivity index (χ2v) is 5.49. The smallest absolute Gasteiger partial charge is 0.328 e. The third-order valence-electron chi connectivity index (χ3n) is 4.22. The molecule has 0 bridgehead atoms. The van der Waals surface area contributed by atoms with Gasteiger partial charge < -0.3 is 15.4 Å². The molecule has 3 aromatic rings. The zero-order chi connectivity index (χ0) is 15.3. The Hall–Kier alpha value is -2.80. The molecule has 0 saturated carbocycles. The van der Waals surface area contributed by atoms with Gasteiger partial charge >= 0.3 is 5.69 Å². The molecule has 1 aliphatic rings. The number of quaternary nitrogens is 1. The van der Waals surface area contributed by atoms with Crippen molar-refractivity contribution in [3.05, 3.63) is 61.9 Å². The highest BCUT2D eigenvalue weighted by Crippen LogP contribution is 2.31. The molecule has 0 amide bonds. The van der Waals surface area contributed by atoms with E-state index in [1.54, 1.807) is 0 Å². The summed E-state index contributed by atoms with van der Waals surface area (Å²) in [6.07, 6.45) is 0.887. The van der Waals surface area contributed by atoms with E-state index in [1.165, 1.54) is 0 Å². The summed E-state index contributed by atoms with van der Waals surface area (Å²) in [6.45, 7) is 0.803. The minimum absolute atomic E-state index is 0.173. The number of H-pyrrole nitrogens is 3. The molecule has 6 N–H and O–H groups in total. The number of aromatic hydroxyl groups is 1. The van der Waals surface area contributed by atoms with Crippen molar-refractivity contribution >= 4 is 10.9 Å². The third-order valence-corrected chi connectivity index (χ3v) is 4.22. The first-order chi connectivity index (χ1) is 10.6. The van der Waals surface area contributed by atoms with Gasteiger partial charge in [-0.3, -0.25) is 14.8 Å². The first kappa shape index (κ1) is 12.9. The molecule has 2 aromatic heterocycles. The lowest BCUT2D eigenvalue weighted by atomic mass is 9.95. The number of hydrogen-bond acceptors (Lipinski definition) is 3. The largest absolute Gasteiger partial charge is 0.494 e. The Balaban J connectivity index is 1.97. The second-order valence-electron chi connectivity index (χ2n) is 5.49. The van der Waals surface area contributed by atoms with Crippen LogP contribution in [0.3, 0.4) is 0 Å². The van der Waals surface area contributed by atoms with Gasteiger partial charge in [-0.1, -0.05) is 18.2 Å². The minimum atomic E-state index is -0.709. The Morgan fingerprint density at radius 3 is 2.77 bits per heavy atom. The van der Waals surface area contributed by atoms with Crippen LogP contribution in [-0.4, -0.2) is 26.6 Å². The Labute approximate surface area is 124 Å². The fraction of sp³-hybridized carbons (Fsp3) is 0.200. The van der Waals surface area contributed by atoms with Crippen molar-refractivity contribution in [2.45, 2.75) is 12.5 Å². The average molecular weight is 299 g/mol. The van der Waals surface area contributed by atoms with E-state index < -0.39 is 11.2 Å². The van der Waals surface area contributed by atoms with Gasteiger partial charge in [-0.05, 0) is 11.6 Å². The number of nitrogens with two attached hydrogens (primary N) is 1. The van der Waals surface area contributed by atoms with Crippen LogP contribution in [0.2, 0.25) is 0 Å². The molecule has 0 radical (unpaired) electrons. The Morgan fingerprint density at radius 2 is 1.95 bits per heavy atom. The highest BCUT2D eigenvalue weighted by Gasteiger charge is 2.33. The van der Waals surface area contributed by atoms with E-state index in [0.29, 0.717) is 0 Å². The van der Waals surface area contributed by atoms with Gasteiger partial charge in [0, 0.05) is 17.3 Å². The predicted molar refractivity (Wildman–Crippen MR) is 80.0 cm³/mol. The van der Waals surface area contributed by atoms with Crippen LogP contribution in [-0.2, 0) is 6.42 Å². The Kier molecular flexibility index (Phi) is 2.70. The molecule has 1 atom stereocenters. The fourth-order valence-corrected chi connectivity index (χ4v) is 3.30. The number of fused-ring (bicyclic) bond motifs is 3. The molecule has 0 fully saturated rings. The van der Waals surface area contributed by atoms with Gasteiger partial charge in [-0.25, -0.2) is 4.79 Å². The predicted octanol–water partition coefficient (Wildman–Crippen LogP) is -0.541. The number of benzene rings is 1. The Bertz CT molecular complexity index is 982. The highest BCUT2D eigenvalue weighted by molar-refractivity contribution is 5.85. The molecule has 3 heterocycles. The minimum Gasteiger partial charge on any atom is -0.494 e. The van der Waals surface area contributed by atoms with Crippen molar-refractivity contribution in [2.24, 2.45) is 0 Å². The quantitative estimate of drug-likeness (QED) is 0.415. The van der Waals surface area contributed by atoms with Crippen molar-refractivity contribution in [2.75, 3.05) is 6.54 Å². The van der Waals surface area contributed by atoms with Crippen LogP contribution in [0, 0.1) is 0 Å². The fourth-order valence-electron chi connectivity index (χ4n) is 3.30. The molecule has 0 aliphatic carbocycles. The van der Waals surface area contributed by atoms with E-state index in [9.17, 15) is 14.7 Å². The normalized spacial score (nSPS) is 17.5. The lowest BCUT2D eigenvalue weighted by Crippen LogP contribution is -2.87. The summed E-state index contributed by atoms with van der Waals surface area (Å²) in [5.74, 6) is -0.374. The van der Waals surface area contributed by atoms with Crippen molar-refractivity contribution in [3.63, 3.8) is 0 Å². The van der Waals surface area contributed by atoms with Gasteiger partial charge in [-0.2, -0.15) is 0 Å². The number of para-hydroxylation sites is 1. The molecular weight excluding hydrogens is 284 g/mol. The summed E-state index contributed by atoms with van der Waals surface area (Å²) in [4.78, 5) is 31.1. The number of hydrogen-bond donors (Lipinski definition) is 5. The van der Waals surface area contributed by atoms with E-state index in [1.807, 2.05) is 29.6 Å². The number of rotatable bonds is 1. The molecule has 1 aromatic carbocycles. The third kappa shape index (κ3) is 1.79. The van der Waals surface area contributed by atoms with E-state index >= 15 is 0 Å². The van der Waals surface area contributed by atoms with Crippen molar-refractivity contribution < 1.29 is 10.4 Å². The van der Waals surface area contributed by atoms with Crippen LogP contribution in [0.15, 0.2) is 33.9 Å². The maximum absolute atomic E-state index is 12.1. The summed E-state index contributed by atoms with van der Waals surface area (Å²) in [5, 5.41) is 13.1. The van der Waals surface area contributed by atoms with Crippen molar-refractivity contribution in [1.82, 2.24) is 15.0 Å². The highest BCUT2D eigenvalue weighted by atomic mass is 16.3. The van der Waals surface area contributed by atoms with Gasteiger partial charge in [0.2, 0.25) is 5.88 Å². The van der Waals surface area contributed by atoms with E-state index in [2.05, 4.69) is 15.0 Å². The molecule has 4 rings (SSSR count). The SMILES string of the molecule is O=c1[nH]c(O)c([C@H]2[NH2+]CCc3c2[nH]c2ccccc32)c(=O)[nH]1. The molecule has 22 heavy (non-hydrogen) atoms. The topological polar surface area (TPSA) is 118 Å². The monoisotopic (exact) mass is 299 g/mol. The molecule has 1 aliphatic heterocycles. The molecule has 0 saturated heterocycles. The van der Waals surface area contributed by atoms with E-state index in [4.69, 9.17) is 0 Å². The van der Waals surface area contributed by atoms with E-state index in [0.717, 1.165) is 35.1 Å². The number of aromatic nitrogens is 3. The molecule has 112 valence electrons. The van der Waals surface area contributed by atoms with E-state index in [-0.39, 0.29) is 17.5 Å². The zero-order valence-corrected chi connectivity index (χ0v) is 11.6. The average Bonchev–Trinajstić information content (AvgIpc) is 2.86. The van der Waals surface area contributed by atoms with Crippen molar-refractivity contribution in [1.29, 1.82) is 0 Å². The summed E-state index contributed by atoms with van der Waals surface area (Å²) in [6, 6.07) is 7.60. The van der Waals surface area contributed by atoms with Crippen LogP contribution < -0.4 is 16.6 Å². The summed E-state index contributed by atoms with van der Waals surface area (Å²) in [7, 11) is 0. The molecule has 0 spiro atoms. The van der Waals surface area contributed by atoms with Gasteiger partial charge in [0.05, 0.1) is 12.2 Å². The van der Waals surface area contributed by atoms with Gasteiger partial charge in [-0.15, -0.1) is 0 Å². The first-order valence-corrected chi connectivity index (χ1v) is 7.13. The standard InChI is InChI=1S/C15H14N4O3/c20-13-10(14(21)19-15(22)18-13)12-11-8(5-6-16-12)7-3-1-2-4-9(7)17-11/h1-4,12,16-17H,5-6H2,(H3,18,19,20,21,22)/p+1/t12-/m1/s1. The molecule has 7 heteroatoms. The van der Waals surface area contributed by atoms with Crippen LogP contribution in [0.5, 0.6) is 5.88 Å². The zero-order valence-electron chi connectivity index (χ0n) is 11.6. The van der Waals surface area contributed by atoms with Crippen LogP contribution in [0.1, 0.15) is 22.9 Å². The lowest BCUT2D eigenvalue weighted by Gasteiger charge is -2.21. The summed E-state index contributed by atoms with van der Waals surface area (Å²) >= 11 is 0. The van der Waals surface area contributed by atoms with Gasteiger partial charge in [0.15, 0.2) is 6.04 Å². The van der Waals surface area contributed by atoms with Crippen LogP contribution in [0.25, 0.3) is 10.9 Å². The molecular formula is C15H15N4O3+. The summed E-state index contributed by atoms with van der Waals surface area (Å²) in [5.41, 5.74) is 1.97. The van der Waals surface area contributed by atoms with Gasteiger partial charge in [0.1, 0.15) is 5.56 Å². The lowest BCUT2D eigenvalue weighted by molar-refractivity contribution is -0.690. The first-order valence-electron chi connectivity index (χ1n) is 7.13. The Morgan fingerprint density at radius 1 is 1.14 bits per heavy atom. The maximum Gasteiger partial charge on any atom is 0.328 e. The van der Waals surface area contributed by atoms with Crippen molar-refractivity contribution in [3.8, 4) is 5.88 Å². The second kappa shape index (κ2) is 4.60. The molecule has 0 unspecified atom stereocenters.